The van der Waals surface area contributed by atoms with Gasteiger partial charge in [0.2, 0.25) is 0 Å². The van der Waals surface area contributed by atoms with Crippen LogP contribution >= 0.6 is 11.6 Å². The Morgan fingerprint density at radius 3 is 2.59 bits per heavy atom. The molecule has 0 bridgehead atoms. The van der Waals surface area contributed by atoms with Crippen molar-refractivity contribution in [1.82, 2.24) is 0 Å². The van der Waals surface area contributed by atoms with Gasteiger partial charge < -0.3 is 10.1 Å². The van der Waals surface area contributed by atoms with E-state index in [1.807, 2.05) is 0 Å². The molecular weight excluding hydrogens is 238 g/mol. The van der Waals surface area contributed by atoms with Crippen LogP contribution in [0.5, 0.6) is 0 Å². The van der Waals surface area contributed by atoms with Gasteiger partial charge in [-0.25, -0.2) is 4.79 Å². The molecule has 0 atom stereocenters. The number of anilines is 1. The number of rotatable bonds is 5. The van der Waals surface area contributed by atoms with Crippen LogP contribution in [0.3, 0.4) is 0 Å². The number of nitrogens with one attached hydrogen (secondary N) is 1. The first-order chi connectivity index (χ1) is 8.12. The van der Waals surface area contributed by atoms with E-state index in [2.05, 4.69) is 19.2 Å². The highest BCUT2D eigenvalue weighted by molar-refractivity contribution is 6.31. The van der Waals surface area contributed by atoms with Crippen molar-refractivity contribution in [2.24, 2.45) is 0 Å². The maximum atomic E-state index is 11.6. The minimum Gasteiger partial charge on any atom is -0.465 e. The Bertz CT molecular complexity index is 389. The van der Waals surface area contributed by atoms with Crippen molar-refractivity contribution in [2.75, 3.05) is 12.4 Å². The van der Waals surface area contributed by atoms with E-state index in [4.69, 9.17) is 16.3 Å². The second-order valence-electron chi connectivity index (χ2n) is 3.84. The van der Waals surface area contributed by atoms with E-state index in [0.717, 1.165) is 18.5 Å². The standard InChI is InChI=1S/C13H18ClNO2/c1-4-10(5-2)15-12-8-9(14)6-7-11(12)13(16)17-3/h6-8,10,15H,4-5H2,1-3H3. The number of carbonyl (C=O) groups is 1. The first-order valence-electron chi connectivity index (χ1n) is 5.76. The Balaban J connectivity index is 3.02. The molecule has 1 N–H and O–H groups in total. The van der Waals surface area contributed by atoms with Gasteiger partial charge in [0.25, 0.3) is 0 Å². The Hall–Kier alpha value is -1.22. The number of benzene rings is 1. The van der Waals surface area contributed by atoms with Crippen LogP contribution in [0, 0.1) is 0 Å². The Labute approximate surface area is 107 Å². The second-order valence-corrected chi connectivity index (χ2v) is 4.28. The smallest absolute Gasteiger partial charge is 0.339 e. The summed E-state index contributed by atoms with van der Waals surface area (Å²) < 4.78 is 4.74. The van der Waals surface area contributed by atoms with Crippen LogP contribution in [0.15, 0.2) is 18.2 Å². The van der Waals surface area contributed by atoms with Gasteiger partial charge in [0, 0.05) is 11.1 Å². The first-order valence-corrected chi connectivity index (χ1v) is 6.14. The van der Waals surface area contributed by atoms with Crippen LogP contribution in [-0.4, -0.2) is 19.1 Å². The van der Waals surface area contributed by atoms with Crippen LogP contribution < -0.4 is 5.32 Å². The molecule has 4 heteroatoms. The molecule has 0 aliphatic heterocycles. The molecule has 0 heterocycles. The number of carbonyl (C=O) groups excluding carboxylic acids is 1. The van der Waals surface area contributed by atoms with E-state index in [9.17, 15) is 4.79 Å². The zero-order chi connectivity index (χ0) is 12.8. The molecule has 0 unspecified atom stereocenters. The van der Waals surface area contributed by atoms with Crippen molar-refractivity contribution in [3.8, 4) is 0 Å². The highest BCUT2D eigenvalue weighted by Crippen LogP contribution is 2.23. The van der Waals surface area contributed by atoms with Crippen LogP contribution in [0.2, 0.25) is 5.02 Å². The maximum Gasteiger partial charge on any atom is 0.339 e. The van der Waals surface area contributed by atoms with Crippen molar-refractivity contribution >= 4 is 23.3 Å². The van der Waals surface area contributed by atoms with Crippen molar-refractivity contribution in [2.45, 2.75) is 32.7 Å². The van der Waals surface area contributed by atoms with Gasteiger partial charge in [-0.05, 0) is 31.0 Å². The summed E-state index contributed by atoms with van der Waals surface area (Å²) in [6.07, 6.45) is 1.98. The molecule has 0 aliphatic rings. The van der Waals surface area contributed by atoms with Gasteiger partial charge in [-0.1, -0.05) is 25.4 Å². The summed E-state index contributed by atoms with van der Waals surface area (Å²) in [6, 6.07) is 5.45. The lowest BCUT2D eigenvalue weighted by Gasteiger charge is -2.18. The lowest BCUT2D eigenvalue weighted by molar-refractivity contribution is 0.0602. The van der Waals surface area contributed by atoms with Crippen molar-refractivity contribution < 1.29 is 9.53 Å². The average Bonchev–Trinajstić information content (AvgIpc) is 2.35. The molecule has 0 radical (unpaired) electrons. The monoisotopic (exact) mass is 255 g/mol. The summed E-state index contributed by atoms with van der Waals surface area (Å²) in [4.78, 5) is 11.6. The zero-order valence-electron chi connectivity index (χ0n) is 10.4. The predicted molar refractivity (Wildman–Crippen MR) is 70.8 cm³/mol. The molecule has 0 fully saturated rings. The fourth-order valence-corrected chi connectivity index (χ4v) is 1.81. The molecule has 94 valence electrons. The fourth-order valence-electron chi connectivity index (χ4n) is 1.64. The number of esters is 1. The third-order valence-corrected chi connectivity index (χ3v) is 2.97. The van der Waals surface area contributed by atoms with Crippen molar-refractivity contribution in [3.05, 3.63) is 28.8 Å². The average molecular weight is 256 g/mol. The van der Waals surface area contributed by atoms with Crippen molar-refractivity contribution in [3.63, 3.8) is 0 Å². The van der Waals surface area contributed by atoms with E-state index in [1.165, 1.54) is 7.11 Å². The van der Waals surface area contributed by atoms with E-state index in [0.29, 0.717) is 16.6 Å². The van der Waals surface area contributed by atoms with E-state index in [1.54, 1.807) is 18.2 Å². The van der Waals surface area contributed by atoms with E-state index < -0.39 is 0 Å². The summed E-state index contributed by atoms with van der Waals surface area (Å²) in [5, 5.41) is 3.92. The molecule has 0 aromatic heterocycles. The highest BCUT2D eigenvalue weighted by Gasteiger charge is 2.14. The lowest BCUT2D eigenvalue weighted by Crippen LogP contribution is -2.19. The number of hydrogen-bond acceptors (Lipinski definition) is 3. The first kappa shape index (κ1) is 13.8. The van der Waals surface area contributed by atoms with Crippen LogP contribution in [0.4, 0.5) is 5.69 Å². The normalized spacial score (nSPS) is 10.4. The number of methoxy groups -OCH3 is 1. The van der Waals surface area contributed by atoms with Crippen LogP contribution in [0.1, 0.15) is 37.0 Å². The Morgan fingerprint density at radius 2 is 2.06 bits per heavy atom. The summed E-state index contributed by atoms with van der Waals surface area (Å²) >= 11 is 5.94. The fraction of sp³-hybridized carbons (Fsp3) is 0.462. The third kappa shape index (κ3) is 3.63. The minimum atomic E-state index is -0.352. The predicted octanol–water partition coefficient (Wildman–Crippen LogP) is 3.73. The quantitative estimate of drug-likeness (QED) is 0.815. The molecule has 1 aromatic carbocycles. The SMILES string of the molecule is CCC(CC)Nc1cc(Cl)ccc1C(=O)OC. The number of ether oxygens (including phenoxy) is 1. The zero-order valence-corrected chi connectivity index (χ0v) is 11.2. The van der Waals surface area contributed by atoms with E-state index >= 15 is 0 Å². The highest BCUT2D eigenvalue weighted by atomic mass is 35.5. The van der Waals surface area contributed by atoms with Crippen LogP contribution in [-0.2, 0) is 4.74 Å². The number of hydrogen-bond donors (Lipinski definition) is 1. The second kappa shape index (κ2) is 6.50. The summed E-state index contributed by atoms with van der Waals surface area (Å²) in [7, 11) is 1.37. The van der Waals surface area contributed by atoms with Gasteiger partial charge in [-0.3, -0.25) is 0 Å². The number of halogens is 1. The maximum absolute atomic E-state index is 11.6. The topological polar surface area (TPSA) is 38.3 Å². The van der Waals surface area contributed by atoms with Crippen LogP contribution in [0.25, 0.3) is 0 Å². The Morgan fingerprint density at radius 1 is 1.41 bits per heavy atom. The summed E-state index contributed by atoms with van der Waals surface area (Å²) in [5.74, 6) is -0.352. The molecule has 0 spiro atoms. The van der Waals surface area contributed by atoms with Crippen molar-refractivity contribution in [1.29, 1.82) is 0 Å². The molecule has 0 amide bonds. The lowest BCUT2D eigenvalue weighted by atomic mass is 10.1. The molecule has 0 saturated carbocycles. The molecule has 0 saturated heterocycles. The molecule has 3 nitrogen and oxygen atoms in total. The summed E-state index contributed by atoms with van der Waals surface area (Å²) in [5.41, 5.74) is 1.25. The Kier molecular flexibility index (Phi) is 5.29. The van der Waals surface area contributed by atoms with E-state index in [-0.39, 0.29) is 5.97 Å². The molecular formula is C13H18ClNO2. The summed E-state index contributed by atoms with van der Waals surface area (Å²) in [6.45, 7) is 4.20. The largest absolute Gasteiger partial charge is 0.465 e. The van der Waals surface area contributed by atoms with Gasteiger partial charge in [0.05, 0.1) is 18.4 Å². The molecule has 0 aliphatic carbocycles. The van der Waals surface area contributed by atoms with Gasteiger partial charge in [0.1, 0.15) is 0 Å². The third-order valence-electron chi connectivity index (χ3n) is 2.73. The molecule has 1 aromatic rings. The molecule has 1 rings (SSSR count). The van der Waals surface area contributed by atoms with Gasteiger partial charge >= 0.3 is 5.97 Å². The van der Waals surface area contributed by atoms with Gasteiger partial charge in [-0.2, -0.15) is 0 Å². The van der Waals surface area contributed by atoms with Gasteiger partial charge in [0.15, 0.2) is 0 Å². The minimum absolute atomic E-state index is 0.330. The van der Waals surface area contributed by atoms with Gasteiger partial charge in [-0.15, -0.1) is 0 Å². The molecule has 17 heavy (non-hydrogen) atoms.